The smallest absolute Gasteiger partial charge is 0.150 e. The fraction of sp³-hybridized carbons (Fsp3) is 0.231. The topological polar surface area (TPSA) is 41.6 Å². The monoisotopic (exact) mass is 323 g/mol. The van der Waals surface area contributed by atoms with Crippen LogP contribution in [0.4, 0.5) is 0 Å². The summed E-state index contributed by atoms with van der Waals surface area (Å²) < 4.78 is 2.55. The molecule has 0 saturated carbocycles. The molecule has 0 radical (unpaired) electrons. The van der Waals surface area contributed by atoms with Crippen molar-refractivity contribution in [1.29, 1.82) is 5.26 Å². The standard InChI is InChI=1S/C13H11BrClN3/c1-2-4-12-11(8-16)13(15)18(17-12)10-6-3-5-9(14)7-10/h3,5-7H,2,4H2,1H3. The zero-order valence-electron chi connectivity index (χ0n) is 9.82. The maximum atomic E-state index is 9.14. The molecule has 2 rings (SSSR count). The molecule has 2 aromatic rings. The Morgan fingerprint density at radius 1 is 1.50 bits per heavy atom. The Labute approximate surface area is 119 Å². The van der Waals surface area contributed by atoms with Crippen LogP contribution in [0.3, 0.4) is 0 Å². The summed E-state index contributed by atoms with van der Waals surface area (Å²) in [6.45, 7) is 2.05. The summed E-state index contributed by atoms with van der Waals surface area (Å²) in [6.07, 6.45) is 1.68. The second-order valence-corrected chi connectivity index (χ2v) is 5.14. The van der Waals surface area contributed by atoms with E-state index < -0.39 is 0 Å². The maximum Gasteiger partial charge on any atom is 0.150 e. The van der Waals surface area contributed by atoms with Crippen LogP contribution in [-0.4, -0.2) is 9.78 Å². The fourth-order valence-corrected chi connectivity index (χ4v) is 2.41. The van der Waals surface area contributed by atoms with Crippen LogP contribution in [0, 0.1) is 11.3 Å². The molecule has 0 bridgehead atoms. The van der Waals surface area contributed by atoms with Gasteiger partial charge in [0.15, 0.2) is 5.15 Å². The first-order chi connectivity index (χ1) is 8.67. The predicted octanol–water partition coefficient (Wildman–Crippen LogP) is 4.11. The van der Waals surface area contributed by atoms with Gasteiger partial charge in [-0.15, -0.1) is 0 Å². The molecule has 1 aromatic carbocycles. The van der Waals surface area contributed by atoms with E-state index in [1.54, 1.807) is 4.68 Å². The van der Waals surface area contributed by atoms with E-state index in [-0.39, 0.29) is 0 Å². The number of nitriles is 1. The summed E-state index contributed by atoms with van der Waals surface area (Å²) in [5, 5.41) is 13.9. The highest BCUT2D eigenvalue weighted by atomic mass is 79.9. The first-order valence-corrected chi connectivity index (χ1v) is 6.78. The van der Waals surface area contributed by atoms with Crippen LogP contribution in [0.2, 0.25) is 5.15 Å². The number of aromatic nitrogens is 2. The van der Waals surface area contributed by atoms with Gasteiger partial charge in [0, 0.05) is 4.47 Å². The van der Waals surface area contributed by atoms with Gasteiger partial charge in [-0.05, 0) is 24.6 Å². The average Bonchev–Trinajstić information content (AvgIpc) is 2.66. The first kappa shape index (κ1) is 13.1. The highest BCUT2D eigenvalue weighted by Crippen LogP contribution is 2.25. The first-order valence-electron chi connectivity index (χ1n) is 5.60. The van der Waals surface area contributed by atoms with Crippen molar-refractivity contribution < 1.29 is 0 Å². The van der Waals surface area contributed by atoms with E-state index >= 15 is 0 Å². The van der Waals surface area contributed by atoms with Gasteiger partial charge in [0.2, 0.25) is 0 Å². The molecule has 0 atom stereocenters. The van der Waals surface area contributed by atoms with Gasteiger partial charge in [-0.25, -0.2) is 4.68 Å². The Morgan fingerprint density at radius 3 is 2.89 bits per heavy atom. The second-order valence-electron chi connectivity index (χ2n) is 3.87. The Balaban J connectivity index is 2.56. The van der Waals surface area contributed by atoms with Gasteiger partial charge < -0.3 is 0 Å². The summed E-state index contributed by atoms with van der Waals surface area (Å²) in [7, 11) is 0. The largest absolute Gasteiger partial charge is 0.220 e. The number of nitrogens with zero attached hydrogens (tertiary/aromatic N) is 3. The molecule has 18 heavy (non-hydrogen) atoms. The minimum atomic E-state index is 0.374. The molecule has 0 N–H and O–H groups in total. The minimum absolute atomic E-state index is 0.374. The molecule has 0 amide bonds. The highest BCUT2D eigenvalue weighted by molar-refractivity contribution is 9.10. The van der Waals surface area contributed by atoms with E-state index in [1.807, 2.05) is 31.2 Å². The number of halogens is 2. The van der Waals surface area contributed by atoms with Gasteiger partial charge in [0.05, 0.1) is 11.4 Å². The van der Waals surface area contributed by atoms with Crippen molar-refractivity contribution in [3.05, 3.63) is 45.1 Å². The highest BCUT2D eigenvalue weighted by Gasteiger charge is 2.16. The third kappa shape index (κ3) is 2.43. The van der Waals surface area contributed by atoms with Gasteiger partial charge in [-0.3, -0.25) is 0 Å². The molecule has 92 valence electrons. The second kappa shape index (κ2) is 5.55. The van der Waals surface area contributed by atoms with Gasteiger partial charge in [-0.1, -0.05) is 46.9 Å². The van der Waals surface area contributed by atoms with E-state index in [2.05, 4.69) is 27.1 Å². The van der Waals surface area contributed by atoms with E-state index in [4.69, 9.17) is 16.9 Å². The number of hydrogen-bond donors (Lipinski definition) is 0. The number of rotatable bonds is 3. The normalized spacial score (nSPS) is 10.3. The number of benzene rings is 1. The van der Waals surface area contributed by atoms with Crippen LogP contribution < -0.4 is 0 Å². The molecule has 0 saturated heterocycles. The van der Waals surface area contributed by atoms with E-state index in [0.29, 0.717) is 10.7 Å². The molecule has 0 aliphatic rings. The van der Waals surface area contributed by atoms with Gasteiger partial charge in [0.1, 0.15) is 11.6 Å². The zero-order chi connectivity index (χ0) is 13.1. The Hall–Kier alpha value is -1.31. The SMILES string of the molecule is CCCc1nn(-c2cccc(Br)c2)c(Cl)c1C#N. The van der Waals surface area contributed by atoms with Gasteiger partial charge in [0.25, 0.3) is 0 Å². The molecule has 5 heteroatoms. The molecule has 0 unspecified atom stereocenters. The van der Waals surface area contributed by atoms with Crippen molar-refractivity contribution in [2.24, 2.45) is 0 Å². The maximum absolute atomic E-state index is 9.14. The lowest BCUT2D eigenvalue weighted by Gasteiger charge is -2.02. The van der Waals surface area contributed by atoms with Gasteiger partial charge in [-0.2, -0.15) is 10.4 Å². The molecule has 1 heterocycles. The lowest BCUT2D eigenvalue weighted by atomic mass is 10.2. The fourth-order valence-electron chi connectivity index (χ4n) is 1.74. The van der Waals surface area contributed by atoms with E-state index in [0.717, 1.165) is 28.7 Å². The molecule has 0 spiro atoms. The summed E-state index contributed by atoms with van der Waals surface area (Å²) in [5.41, 5.74) is 2.07. The molecule has 0 aliphatic heterocycles. The molecule has 1 aromatic heterocycles. The Kier molecular flexibility index (Phi) is 4.05. The summed E-state index contributed by atoms with van der Waals surface area (Å²) >= 11 is 9.62. The molecular formula is C13H11BrClN3. The predicted molar refractivity (Wildman–Crippen MR) is 75.0 cm³/mol. The van der Waals surface area contributed by atoms with Crippen LogP contribution in [0.1, 0.15) is 24.6 Å². The number of hydrogen-bond acceptors (Lipinski definition) is 2. The third-order valence-electron chi connectivity index (χ3n) is 2.55. The summed E-state index contributed by atoms with van der Waals surface area (Å²) in [4.78, 5) is 0. The Morgan fingerprint density at radius 2 is 2.28 bits per heavy atom. The number of aryl methyl sites for hydroxylation is 1. The zero-order valence-corrected chi connectivity index (χ0v) is 12.2. The van der Waals surface area contributed by atoms with Crippen LogP contribution in [0.25, 0.3) is 5.69 Å². The quantitative estimate of drug-likeness (QED) is 0.852. The van der Waals surface area contributed by atoms with Crippen molar-refractivity contribution >= 4 is 27.5 Å². The van der Waals surface area contributed by atoms with Crippen LogP contribution in [-0.2, 0) is 6.42 Å². The van der Waals surface area contributed by atoms with Crippen LogP contribution in [0.15, 0.2) is 28.7 Å². The van der Waals surface area contributed by atoms with Crippen molar-refractivity contribution in [2.45, 2.75) is 19.8 Å². The van der Waals surface area contributed by atoms with Crippen molar-refractivity contribution in [1.82, 2.24) is 9.78 Å². The summed E-state index contributed by atoms with van der Waals surface area (Å²) in [6, 6.07) is 9.78. The summed E-state index contributed by atoms with van der Waals surface area (Å²) in [5.74, 6) is 0. The van der Waals surface area contributed by atoms with Gasteiger partial charge >= 0.3 is 0 Å². The van der Waals surface area contributed by atoms with E-state index in [1.165, 1.54) is 0 Å². The molecule has 0 aliphatic carbocycles. The lowest BCUT2D eigenvalue weighted by Crippen LogP contribution is -1.97. The van der Waals surface area contributed by atoms with Crippen molar-refractivity contribution in [3.63, 3.8) is 0 Å². The molecule has 3 nitrogen and oxygen atoms in total. The van der Waals surface area contributed by atoms with Crippen LogP contribution in [0.5, 0.6) is 0 Å². The third-order valence-corrected chi connectivity index (χ3v) is 3.40. The van der Waals surface area contributed by atoms with Crippen molar-refractivity contribution in [3.8, 4) is 11.8 Å². The lowest BCUT2D eigenvalue weighted by molar-refractivity contribution is 0.806. The average molecular weight is 325 g/mol. The molecule has 0 fully saturated rings. The minimum Gasteiger partial charge on any atom is -0.220 e. The van der Waals surface area contributed by atoms with Crippen LogP contribution >= 0.6 is 27.5 Å². The molecular weight excluding hydrogens is 314 g/mol. The Bertz CT molecular complexity index is 613. The van der Waals surface area contributed by atoms with Crippen molar-refractivity contribution in [2.75, 3.05) is 0 Å². The van der Waals surface area contributed by atoms with E-state index in [9.17, 15) is 0 Å².